The van der Waals surface area contributed by atoms with Gasteiger partial charge in [-0.2, -0.15) is 0 Å². The van der Waals surface area contributed by atoms with Crippen LogP contribution < -0.4 is 0 Å². The molecule has 0 N–H and O–H groups in total. The van der Waals surface area contributed by atoms with Gasteiger partial charge in [-0.25, -0.2) is 0 Å². The molecule has 3 rings (SSSR count). The van der Waals surface area contributed by atoms with Gasteiger partial charge in [-0.1, -0.05) is 0 Å². The van der Waals surface area contributed by atoms with Gasteiger partial charge < -0.3 is 18.9 Å². The molecular formula is C12H19O4S+. The maximum atomic E-state index is 5.98. The van der Waals surface area contributed by atoms with Crippen LogP contribution >= 0.6 is 11.8 Å². The summed E-state index contributed by atoms with van der Waals surface area (Å²) < 4.78 is 23.7. The summed E-state index contributed by atoms with van der Waals surface area (Å²) in [4.78, 5) is 0. The van der Waals surface area contributed by atoms with Crippen molar-refractivity contribution >= 4 is 11.8 Å². The lowest BCUT2D eigenvalue weighted by molar-refractivity contribution is -0.174. The van der Waals surface area contributed by atoms with Crippen molar-refractivity contribution in [1.82, 2.24) is 0 Å². The van der Waals surface area contributed by atoms with Gasteiger partial charge in [-0.05, 0) is 27.7 Å². The first-order valence-corrected chi connectivity index (χ1v) is 7.07. The standard InChI is InChI=1S/C12H19O4S/c1-11(2)13-7-5-17-6-8-10(9(7)15-11)16-12(3,4)14-8/h5,7-10H,6H2,1-4H3/q+1/t7-,8+,9+,10+/m0/s1. The minimum absolute atomic E-state index is 0.0116. The van der Waals surface area contributed by atoms with E-state index in [4.69, 9.17) is 18.9 Å². The Morgan fingerprint density at radius 3 is 2.35 bits per heavy atom. The second kappa shape index (κ2) is 3.78. The van der Waals surface area contributed by atoms with Crippen molar-refractivity contribution in [2.75, 3.05) is 5.75 Å². The van der Waals surface area contributed by atoms with Gasteiger partial charge in [0.05, 0.1) is 17.5 Å². The van der Waals surface area contributed by atoms with Gasteiger partial charge in [0.25, 0.3) is 0 Å². The molecule has 5 heteroatoms. The minimum Gasteiger partial charge on any atom is -0.343 e. The third kappa shape index (κ3) is 2.19. The van der Waals surface area contributed by atoms with Crippen LogP contribution in [0.1, 0.15) is 27.7 Å². The Hall–Kier alpha value is 0.0600. The first kappa shape index (κ1) is 12.1. The summed E-state index contributed by atoms with van der Waals surface area (Å²) in [7, 11) is 0. The number of rotatable bonds is 0. The Labute approximate surface area is 106 Å². The van der Waals surface area contributed by atoms with Crippen molar-refractivity contribution < 1.29 is 18.9 Å². The molecule has 0 aromatic rings. The quantitative estimate of drug-likeness (QED) is 0.621. The molecule has 17 heavy (non-hydrogen) atoms. The van der Waals surface area contributed by atoms with Gasteiger partial charge in [-0.3, -0.25) is 0 Å². The highest BCUT2D eigenvalue weighted by Gasteiger charge is 2.58. The molecule has 0 saturated carbocycles. The second-order valence-corrected chi connectivity index (χ2v) is 6.61. The molecule has 3 aliphatic rings. The van der Waals surface area contributed by atoms with Crippen LogP contribution in [0.5, 0.6) is 0 Å². The molecule has 3 saturated heterocycles. The SMILES string of the molecule is CC1(C)O[C@H]2[C@@H]3OC(C)(C)O[C@@H]3CS[CH+][C@@H]2O1. The topological polar surface area (TPSA) is 36.9 Å². The summed E-state index contributed by atoms with van der Waals surface area (Å²) in [5, 5.41) is 0. The third-order valence-electron chi connectivity index (χ3n) is 3.20. The average Bonchev–Trinajstić information content (AvgIpc) is 2.59. The van der Waals surface area contributed by atoms with E-state index in [1.807, 2.05) is 27.7 Å². The molecule has 0 unspecified atom stereocenters. The molecule has 0 aliphatic carbocycles. The van der Waals surface area contributed by atoms with Crippen LogP contribution in [0, 0.1) is 5.75 Å². The first-order chi connectivity index (χ1) is 7.86. The van der Waals surface area contributed by atoms with Crippen molar-refractivity contribution in [1.29, 1.82) is 0 Å². The van der Waals surface area contributed by atoms with Crippen molar-refractivity contribution in [3.05, 3.63) is 5.75 Å². The summed E-state index contributed by atoms with van der Waals surface area (Å²) in [6.07, 6.45) is -0.0314. The molecule has 0 spiro atoms. The molecule has 0 aromatic carbocycles. The van der Waals surface area contributed by atoms with Gasteiger partial charge in [0.2, 0.25) is 6.10 Å². The normalized spacial score (nSPS) is 46.8. The zero-order chi connectivity index (χ0) is 12.3. The molecular weight excluding hydrogens is 240 g/mol. The van der Waals surface area contributed by atoms with Crippen LogP contribution in [0.3, 0.4) is 0 Å². The Morgan fingerprint density at radius 2 is 1.59 bits per heavy atom. The third-order valence-corrected chi connectivity index (χ3v) is 4.18. The lowest BCUT2D eigenvalue weighted by Crippen LogP contribution is -2.40. The largest absolute Gasteiger partial charge is 0.343 e. The summed E-state index contributed by atoms with van der Waals surface area (Å²) in [6, 6.07) is 0. The molecule has 0 aromatic heterocycles. The maximum Gasteiger partial charge on any atom is 0.241 e. The van der Waals surface area contributed by atoms with E-state index in [2.05, 4.69) is 5.75 Å². The number of fused-ring (bicyclic) bond motifs is 3. The number of thioether (sulfide) groups is 1. The monoisotopic (exact) mass is 259 g/mol. The molecule has 96 valence electrons. The summed E-state index contributed by atoms with van der Waals surface area (Å²) in [6.45, 7) is 7.78. The van der Waals surface area contributed by atoms with E-state index in [9.17, 15) is 0 Å². The van der Waals surface area contributed by atoms with E-state index in [0.717, 1.165) is 5.75 Å². The van der Waals surface area contributed by atoms with E-state index in [0.29, 0.717) is 0 Å². The van der Waals surface area contributed by atoms with Gasteiger partial charge in [0.1, 0.15) is 12.2 Å². The molecule has 0 radical (unpaired) electrons. The highest BCUT2D eigenvalue weighted by Crippen LogP contribution is 2.43. The van der Waals surface area contributed by atoms with Crippen molar-refractivity contribution in [2.24, 2.45) is 0 Å². The second-order valence-electron chi connectivity index (χ2n) is 5.67. The molecule has 3 heterocycles. The van der Waals surface area contributed by atoms with Crippen molar-refractivity contribution in [3.63, 3.8) is 0 Å². The van der Waals surface area contributed by atoms with Gasteiger partial charge >= 0.3 is 0 Å². The van der Waals surface area contributed by atoms with Gasteiger partial charge in [0.15, 0.2) is 23.4 Å². The predicted molar refractivity (Wildman–Crippen MR) is 64.4 cm³/mol. The van der Waals surface area contributed by atoms with E-state index in [1.165, 1.54) is 0 Å². The van der Waals surface area contributed by atoms with E-state index < -0.39 is 11.6 Å². The van der Waals surface area contributed by atoms with Crippen molar-refractivity contribution in [2.45, 2.75) is 63.7 Å². The van der Waals surface area contributed by atoms with Crippen LogP contribution in [-0.2, 0) is 18.9 Å². The Balaban J connectivity index is 1.83. The van der Waals surface area contributed by atoms with Crippen LogP contribution in [0.15, 0.2) is 0 Å². The lowest BCUT2D eigenvalue weighted by atomic mass is 10.1. The zero-order valence-corrected chi connectivity index (χ0v) is 11.5. The molecule has 3 aliphatic heterocycles. The number of ether oxygens (including phenoxy) is 4. The Kier molecular flexibility index (Phi) is 2.69. The zero-order valence-electron chi connectivity index (χ0n) is 10.6. The highest BCUT2D eigenvalue weighted by atomic mass is 32.2. The van der Waals surface area contributed by atoms with Gasteiger partial charge in [-0.15, -0.1) is 0 Å². The Morgan fingerprint density at radius 1 is 0.941 bits per heavy atom. The fraction of sp³-hybridized carbons (Fsp3) is 0.917. The minimum atomic E-state index is -0.537. The van der Waals surface area contributed by atoms with Gasteiger partial charge in [0, 0.05) is 0 Å². The van der Waals surface area contributed by atoms with Crippen LogP contribution in [0.4, 0.5) is 0 Å². The molecule has 3 fully saturated rings. The summed E-state index contributed by atoms with van der Waals surface area (Å²) in [5.41, 5.74) is 0. The first-order valence-electron chi connectivity index (χ1n) is 6.03. The number of hydrogen-bond donors (Lipinski definition) is 0. The van der Waals surface area contributed by atoms with Crippen molar-refractivity contribution in [3.8, 4) is 0 Å². The lowest BCUT2D eigenvalue weighted by Gasteiger charge is -2.21. The van der Waals surface area contributed by atoms with E-state index in [1.54, 1.807) is 11.8 Å². The fourth-order valence-corrected chi connectivity index (χ4v) is 3.65. The Bertz CT molecular complexity index is 288. The molecule has 4 atom stereocenters. The van der Waals surface area contributed by atoms with Crippen LogP contribution in [-0.4, -0.2) is 41.7 Å². The average molecular weight is 259 g/mol. The fourth-order valence-electron chi connectivity index (χ4n) is 2.69. The number of hydrogen-bond acceptors (Lipinski definition) is 5. The summed E-state index contributed by atoms with van der Waals surface area (Å²) in [5.74, 6) is 1.95. The molecule has 4 nitrogen and oxygen atoms in total. The van der Waals surface area contributed by atoms with Crippen LogP contribution in [0.2, 0.25) is 0 Å². The van der Waals surface area contributed by atoms with Crippen LogP contribution in [0.25, 0.3) is 0 Å². The molecule has 0 bridgehead atoms. The van der Waals surface area contributed by atoms with E-state index >= 15 is 0 Å². The summed E-state index contributed by atoms with van der Waals surface area (Å²) >= 11 is 1.74. The van der Waals surface area contributed by atoms with E-state index in [-0.39, 0.29) is 24.4 Å². The maximum absolute atomic E-state index is 5.98. The predicted octanol–water partition coefficient (Wildman–Crippen LogP) is 1.94. The molecule has 0 amide bonds. The smallest absolute Gasteiger partial charge is 0.241 e. The highest BCUT2D eigenvalue weighted by molar-refractivity contribution is 8.01.